The smallest absolute Gasteiger partial charge is 0.102 e. The van der Waals surface area contributed by atoms with E-state index in [2.05, 4.69) is 63.7 Å². The number of hydrogen-bond donors (Lipinski definition) is 1. The van der Waals surface area contributed by atoms with Crippen LogP contribution in [0.1, 0.15) is 5.69 Å². The molecule has 3 heteroatoms. The van der Waals surface area contributed by atoms with Crippen LogP contribution in [0.15, 0.2) is 79.0 Å². The van der Waals surface area contributed by atoms with Crippen molar-refractivity contribution in [2.45, 2.75) is 6.92 Å². The van der Waals surface area contributed by atoms with E-state index >= 15 is 0 Å². The molecule has 2 aromatic carbocycles. The van der Waals surface area contributed by atoms with Gasteiger partial charge in [-0.1, -0.05) is 60.7 Å². The Labute approximate surface area is 141 Å². The molecule has 0 spiro atoms. The zero-order valence-corrected chi connectivity index (χ0v) is 13.4. The number of aromatic amines is 1. The van der Waals surface area contributed by atoms with Gasteiger partial charge in [0.2, 0.25) is 0 Å². The molecular formula is C21H17N3. The topological polar surface area (TPSA) is 41.6 Å². The van der Waals surface area contributed by atoms with Crippen LogP contribution in [-0.4, -0.2) is 15.2 Å². The maximum absolute atomic E-state index is 4.50. The summed E-state index contributed by atoms with van der Waals surface area (Å²) in [5, 5.41) is 7.59. The van der Waals surface area contributed by atoms with Crippen LogP contribution in [0.25, 0.3) is 33.6 Å². The maximum Gasteiger partial charge on any atom is 0.102 e. The molecule has 0 bridgehead atoms. The second-order valence-electron chi connectivity index (χ2n) is 5.73. The molecule has 0 fully saturated rings. The van der Waals surface area contributed by atoms with E-state index < -0.39 is 0 Å². The van der Waals surface area contributed by atoms with Crippen molar-refractivity contribution in [1.82, 2.24) is 15.2 Å². The number of rotatable bonds is 3. The predicted molar refractivity (Wildman–Crippen MR) is 97.4 cm³/mol. The van der Waals surface area contributed by atoms with Gasteiger partial charge in [0.15, 0.2) is 0 Å². The van der Waals surface area contributed by atoms with E-state index in [0.29, 0.717) is 0 Å². The normalized spacial score (nSPS) is 10.7. The molecule has 3 nitrogen and oxygen atoms in total. The lowest BCUT2D eigenvalue weighted by Crippen LogP contribution is -1.87. The summed E-state index contributed by atoms with van der Waals surface area (Å²) in [4.78, 5) is 4.47. The largest absolute Gasteiger partial charge is 0.282 e. The fraction of sp³-hybridized carbons (Fsp3) is 0.0476. The SMILES string of the molecule is Cc1[nH]nc(-c2ccc(-c3ccccc3)cc2)c1-c1ccccn1. The molecule has 0 saturated carbocycles. The van der Waals surface area contributed by atoms with Gasteiger partial charge in [-0.25, -0.2) is 0 Å². The quantitative estimate of drug-likeness (QED) is 0.571. The highest BCUT2D eigenvalue weighted by atomic mass is 15.1. The van der Waals surface area contributed by atoms with Crippen molar-refractivity contribution in [2.24, 2.45) is 0 Å². The molecule has 4 rings (SSSR count). The van der Waals surface area contributed by atoms with Crippen molar-refractivity contribution in [1.29, 1.82) is 0 Å². The molecule has 116 valence electrons. The highest BCUT2D eigenvalue weighted by molar-refractivity contribution is 5.81. The van der Waals surface area contributed by atoms with Gasteiger partial charge in [-0.3, -0.25) is 10.1 Å². The molecule has 2 aromatic heterocycles. The Morgan fingerprint density at radius 1 is 0.708 bits per heavy atom. The molecule has 2 heterocycles. The van der Waals surface area contributed by atoms with Gasteiger partial charge in [-0.2, -0.15) is 5.10 Å². The number of benzene rings is 2. The summed E-state index contributed by atoms with van der Waals surface area (Å²) < 4.78 is 0. The fourth-order valence-corrected chi connectivity index (χ4v) is 2.91. The van der Waals surface area contributed by atoms with Gasteiger partial charge in [0.25, 0.3) is 0 Å². The average molecular weight is 311 g/mol. The molecule has 1 N–H and O–H groups in total. The molecular weight excluding hydrogens is 294 g/mol. The number of hydrogen-bond acceptors (Lipinski definition) is 2. The van der Waals surface area contributed by atoms with E-state index in [4.69, 9.17) is 0 Å². The minimum atomic E-state index is 0.936. The van der Waals surface area contributed by atoms with Crippen LogP contribution in [0.3, 0.4) is 0 Å². The zero-order chi connectivity index (χ0) is 16.4. The summed E-state index contributed by atoms with van der Waals surface area (Å²) in [6.07, 6.45) is 1.81. The van der Waals surface area contributed by atoms with Crippen LogP contribution in [-0.2, 0) is 0 Å². The van der Waals surface area contributed by atoms with Crippen LogP contribution in [0.4, 0.5) is 0 Å². The summed E-state index contributed by atoms with van der Waals surface area (Å²) in [6.45, 7) is 2.03. The van der Waals surface area contributed by atoms with Crippen molar-refractivity contribution in [3.63, 3.8) is 0 Å². The second kappa shape index (κ2) is 6.13. The fourth-order valence-electron chi connectivity index (χ4n) is 2.91. The summed E-state index contributed by atoms with van der Waals surface area (Å²) in [6, 6.07) is 24.8. The van der Waals surface area contributed by atoms with Crippen molar-refractivity contribution >= 4 is 0 Å². The molecule has 0 saturated heterocycles. The lowest BCUT2D eigenvalue weighted by atomic mass is 9.99. The lowest BCUT2D eigenvalue weighted by Gasteiger charge is -2.06. The predicted octanol–water partition coefficient (Wildman–Crippen LogP) is 5.11. The third-order valence-corrected chi connectivity index (χ3v) is 4.13. The Morgan fingerprint density at radius 2 is 1.38 bits per heavy atom. The van der Waals surface area contributed by atoms with Crippen molar-refractivity contribution in [2.75, 3.05) is 0 Å². The molecule has 0 unspecified atom stereocenters. The van der Waals surface area contributed by atoms with Crippen LogP contribution >= 0.6 is 0 Å². The Bertz CT molecular complexity index is 940. The third kappa shape index (κ3) is 2.61. The molecule has 4 aromatic rings. The van der Waals surface area contributed by atoms with Crippen LogP contribution < -0.4 is 0 Å². The molecule has 0 aliphatic heterocycles. The zero-order valence-electron chi connectivity index (χ0n) is 13.4. The summed E-state index contributed by atoms with van der Waals surface area (Å²) >= 11 is 0. The first-order valence-corrected chi connectivity index (χ1v) is 7.95. The van der Waals surface area contributed by atoms with Gasteiger partial charge in [0, 0.05) is 23.0 Å². The van der Waals surface area contributed by atoms with Gasteiger partial charge in [0.1, 0.15) is 5.69 Å². The average Bonchev–Trinajstić information content (AvgIpc) is 3.05. The Kier molecular flexibility index (Phi) is 3.67. The number of pyridine rings is 1. The van der Waals surface area contributed by atoms with Crippen LogP contribution in [0.5, 0.6) is 0 Å². The summed E-state index contributed by atoms with van der Waals surface area (Å²) in [7, 11) is 0. The van der Waals surface area contributed by atoms with E-state index in [0.717, 1.165) is 28.2 Å². The Morgan fingerprint density at radius 3 is 2.08 bits per heavy atom. The number of H-pyrrole nitrogens is 1. The Hall–Kier alpha value is -3.20. The highest BCUT2D eigenvalue weighted by Crippen LogP contribution is 2.32. The van der Waals surface area contributed by atoms with Crippen molar-refractivity contribution in [3.05, 3.63) is 84.7 Å². The summed E-state index contributed by atoms with van der Waals surface area (Å²) in [5.74, 6) is 0. The van der Waals surface area contributed by atoms with E-state index in [1.165, 1.54) is 11.1 Å². The van der Waals surface area contributed by atoms with E-state index in [1.54, 1.807) is 0 Å². The van der Waals surface area contributed by atoms with Gasteiger partial charge in [-0.15, -0.1) is 0 Å². The van der Waals surface area contributed by atoms with E-state index in [-0.39, 0.29) is 0 Å². The number of aromatic nitrogens is 3. The van der Waals surface area contributed by atoms with Gasteiger partial charge >= 0.3 is 0 Å². The van der Waals surface area contributed by atoms with Gasteiger partial charge in [0.05, 0.1) is 5.69 Å². The van der Waals surface area contributed by atoms with E-state index in [1.807, 2.05) is 37.4 Å². The minimum absolute atomic E-state index is 0.936. The second-order valence-corrected chi connectivity index (χ2v) is 5.73. The standard InChI is InChI=1S/C21H17N3/c1-15-20(19-9-5-6-14-22-19)21(24-23-15)18-12-10-17(11-13-18)16-7-3-2-4-8-16/h2-14H,1H3,(H,23,24). The molecule has 24 heavy (non-hydrogen) atoms. The first-order valence-electron chi connectivity index (χ1n) is 7.95. The monoisotopic (exact) mass is 311 g/mol. The number of nitrogens with one attached hydrogen (secondary N) is 1. The molecule has 0 radical (unpaired) electrons. The van der Waals surface area contributed by atoms with E-state index in [9.17, 15) is 0 Å². The van der Waals surface area contributed by atoms with Crippen molar-refractivity contribution < 1.29 is 0 Å². The molecule has 0 atom stereocenters. The van der Waals surface area contributed by atoms with Crippen molar-refractivity contribution in [3.8, 4) is 33.6 Å². The maximum atomic E-state index is 4.50. The molecule has 0 aliphatic rings. The van der Waals surface area contributed by atoms with Gasteiger partial charge in [-0.05, 0) is 30.2 Å². The molecule has 0 amide bonds. The first-order chi connectivity index (χ1) is 11.8. The first kappa shape index (κ1) is 14.4. The molecule has 0 aliphatic carbocycles. The minimum Gasteiger partial charge on any atom is -0.282 e. The third-order valence-electron chi connectivity index (χ3n) is 4.13. The van der Waals surface area contributed by atoms with Crippen LogP contribution in [0.2, 0.25) is 0 Å². The number of aryl methyl sites for hydroxylation is 1. The summed E-state index contributed by atoms with van der Waals surface area (Å²) in [5.41, 5.74) is 7.45. The van der Waals surface area contributed by atoms with Crippen LogP contribution in [0, 0.1) is 6.92 Å². The highest BCUT2D eigenvalue weighted by Gasteiger charge is 2.15. The number of nitrogens with zero attached hydrogens (tertiary/aromatic N) is 2. The van der Waals surface area contributed by atoms with Gasteiger partial charge < -0.3 is 0 Å². The lowest BCUT2D eigenvalue weighted by molar-refractivity contribution is 1.05. The Balaban J connectivity index is 1.76.